The Balaban J connectivity index is 1.65. The number of nitrogens with zero attached hydrogens (tertiary/aromatic N) is 3. The molecule has 1 fully saturated rings. The molecule has 0 radical (unpaired) electrons. The van der Waals surface area contributed by atoms with Gasteiger partial charge in [-0.1, -0.05) is 25.4 Å². The number of aromatic nitrogens is 3. The lowest BCUT2D eigenvalue weighted by atomic mass is 9.91. The molecule has 3 heterocycles. The summed E-state index contributed by atoms with van der Waals surface area (Å²) in [4.78, 5) is 15.1. The molecule has 6 nitrogen and oxygen atoms in total. The van der Waals surface area contributed by atoms with Crippen LogP contribution < -0.4 is 16.0 Å². The van der Waals surface area contributed by atoms with E-state index in [1.165, 1.54) is 0 Å². The van der Waals surface area contributed by atoms with Gasteiger partial charge in [0.1, 0.15) is 5.82 Å². The number of halogens is 1. The van der Waals surface area contributed by atoms with Crippen LogP contribution in [0.15, 0.2) is 24.4 Å². The van der Waals surface area contributed by atoms with Crippen molar-refractivity contribution in [3.63, 3.8) is 0 Å². The Morgan fingerprint density at radius 2 is 1.93 bits per heavy atom. The van der Waals surface area contributed by atoms with E-state index in [9.17, 15) is 0 Å². The maximum Gasteiger partial charge on any atom is 0.225 e. The average molecular weight is 431 g/mol. The lowest BCUT2D eigenvalue weighted by Crippen LogP contribution is -2.49. The summed E-state index contributed by atoms with van der Waals surface area (Å²) >= 11 is 7.84. The Morgan fingerprint density at radius 3 is 2.59 bits per heavy atom. The molecule has 2 atom stereocenters. The van der Waals surface area contributed by atoms with E-state index in [1.54, 1.807) is 11.3 Å². The Hall–Kier alpha value is -1.96. The van der Waals surface area contributed by atoms with Gasteiger partial charge >= 0.3 is 0 Å². The fraction of sp³-hybridized carbons (Fsp3) is 0.476. The molecule has 0 saturated carbocycles. The number of aryl methyl sites for hydroxylation is 1. The SMILES string of the molecule is CCC1CC(Nc2nc(Nc3ncc(C)s3)c3ccc(Cl)cc3n2)CC(CC)N1. The summed E-state index contributed by atoms with van der Waals surface area (Å²) in [6.07, 6.45) is 6.24. The van der Waals surface area contributed by atoms with E-state index in [0.29, 0.717) is 29.1 Å². The zero-order valence-corrected chi connectivity index (χ0v) is 18.6. The summed E-state index contributed by atoms with van der Waals surface area (Å²) in [5, 5.41) is 13.1. The molecular formula is C21H27ClN6S. The Kier molecular flexibility index (Phi) is 6.18. The van der Waals surface area contributed by atoms with Crippen LogP contribution in [0.25, 0.3) is 10.9 Å². The van der Waals surface area contributed by atoms with Crippen LogP contribution in [0.2, 0.25) is 5.02 Å². The second-order valence-corrected chi connectivity index (χ2v) is 9.32. The van der Waals surface area contributed by atoms with Gasteiger partial charge in [-0.05, 0) is 50.8 Å². The van der Waals surface area contributed by atoms with E-state index < -0.39 is 0 Å². The smallest absolute Gasteiger partial charge is 0.225 e. The number of hydrogen-bond acceptors (Lipinski definition) is 7. The number of piperidine rings is 1. The lowest BCUT2D eigenvalue weighted by Gasteiger charge is -2.36. The monoisotopic (exact) mass is 430 g/mol. The van der Waals surface area contributed by atoms with Gasteiger partial charge in [0.25, 0.3) is 0 Å². The van der Waals surface area contributed by atoms with E-state index in [4.69, 9.17) is 21.6 Å². The quantitative estimate of drug-likeness (QED) is 0.478. The predicted octanol–water partition coefficient (Wildman–Crippen LogP) is 5.51. The number of fused-ring (bicyclic) bond motifs is 1. The first-order valence-corrected chi connectivity index (χ1v) is 11.4. The topological polar surface area (TPSA) is 74.8 Å². The molecule has 0 aliphatic carbocycles. The van der Waals surface area contributed by atoms with Crippen molar-refractivity contribution in [2.75, 3.05) is 10.6 Å². The molecule has 2 aromatic heterocycles. The van der Waals surface area contributed by atoms with Gasteiger partial charge in [0.05, 0.1) is 5.52 Å². The molecule has 3 N–H and O–H groups in total. The summed E-state index contributed by atoms with van der Waals surface area (Å²) in [5.74, 6) is 1.38. The van der Waals surface area contributed by atoms with Crippen LogP contribution in [-0.2, 0) is 0 Å². The van der Waals surface area contributed by atoms with Gasteiger partial charge in [-0.15, -0.1) is 11.3 Å². The van der Waals surface area contributed by atoms with Gasteiger partial charge in [-0.25, -0.2) is 9.97 Å². The number of anilines is 3. The van der Waals surface area contributed by atoms with E-state index in [-0.39, 0.29) is 0 Å². The molecule has 154 valence electrons. The molecule has 29 heavy (non-hydrogen) atoms. The minimum atomic E-state index is 0.345. The second-order valence-electron chi connectivity index (χ2n) is 7.65. The molecule has 8 heteroatoms. The molecule has 0 amide bonds. The summed E-state index contributed by atoms with van der Waals surface area (Å²) in [7, 11) is 0. The number of nitrogens with one attached hydrogen (secondary N) is 3. The molecule has 0 spiro atoms. The van der Waals surface area contributed by atoms with E-state index in [1.807, 2.05) is 31.3 Å². The van der Waals surface area contributed by atoms with Crippen molar-refractivity contribution < 1.29 is 0 Å². The summed E-state index contributed by atoms with van der Waals surface area (Å²) in [6.45, 7) is 6.51. The van der Waals surface area contributed by atoms with Gasteiger partial charge in [-0.3, -0.25) is 0 Å². The normalized spacial score (nSPS) is 22.0. The van der Waals surface area contributed by atoms with Gasteiger partial charge in [0.2, 0.25) is 5.95 Å². The molecule has 1 aliphatic heterocycles. The second kappa shape index (κ2) is 8.81. The Labute approximate surface area is 180 Å². The van der Waals surface area contributed by atoms with Crippen LogP contribution in [0.1, 0.15) is 44.4 Å². The first-order valence-electron chi connectivity index (χ1n) is 10.2. The van der Waals surface area contributed by atoms with E-state index in [0.717, 1.165) is 52.4 Å². The van der Waals surface area contributed by atoms with Crippen molar-refractivity contribution >= 4 is 50.7 Å². The third kappa shape index (κ3) is 4.79. The zero-order chi connectivity index (χ0) is 20.4. The first-order chi connectivity index (χ1) is 14.0. The molecule has 0 bridgehead atoms. The predicted molar refractivity (Wildman–Crippen MR) is 123 cm³/mol. The van der Waals surface area contributed by atoms with E-state index in [2.05, 4.69) is 34.8 Å². The molecular weight excluding hydrogens is 404 g/mol. The lowest BCUT2D eigenvalue weighted by molar-refractivity contribution is 0.289. The van der Waals surface area contributed by atoms with Crippen LogP contribution >= 0.6 is 22.9 Å². The molecule has 1 aromatic carbocycles. The van der Waals surface area contributed by atoms with Crippen molar-refractivity contribution in [2.45, 2.75) is 64.6 Å². The molecule has 2 unspecified atom stereocenters. The Bertz CT molecular complexity index is 978. The van der Waals surface area contributed by atoms with Crippen molar-refractivity contribution in [3.05, 3.63) is 34.3 Å². The van der Waals surface area contributed by atoms with Gasteiger partial charge in [-0.2, -0.15) is 4.98 Å². The minimum Gasteiger partial charge on any atom is -0.351 e. The largest absolute Gasteiger partial charge is 0.351 e. The van der Waals surface area contributed by atoms with Crippen LogP contribution in [0.4, 0.5) is 16.9 Å². The molecule has 3 aromatic rings. The highest BCUT2D eigenvalue weighted by molar-refractivity contribution is 7.15. The van der Waals surface area contributed by atoms with E-state index >= 15 is 0 Å². The molecule has 1 saturated heterocycles. The van der Waals surface area contributed by atoms with Crippen molar-refractivity contribution in [1.82, 2.24) is 20.3 Å². The number of thiazole rings is 1. The van der Waals surface area contributed by atoms with Crippen molar-refractivity contribution in [2.24, 2.45) is 0 Å². The third-order valence-corrected chi connectivity index (χ3v) is 6.50. The van der Waals surface area contributed by atoms with Crippen LogP contribution in [0.5, 0.6) is 0 Å². The molecule has 1 aliphatic rings. The fourth-order valence-corrected chi connectivity index (χ4v) is 4.73. The highest BCUT2D eigenvalue weighted by Gasteiger charge is 2.27. The number of rotatable bonds is 6. The number of hydrogen-bond donors (Lipinski definition) is 3. The molecule has 4 rings (SSSR count). The Morgan fingerprint density at radius 1 is 1.17 bits per heavy atom. The van der Waals surface area contributed by atoms with Crippen LogP contribution in [-0.4, -0.2) is 33.1 Å². The first kappa shape index (κ1) is 20.3. The third-order valence-electron chi connectivity index (χ3n) is 5.43. The van der Waals surface area contributed by atoms with Gasteiger partial charge in [0.15, 0.2) is 5.13 Å². The van der Waals surface area contributed by atoms with Crippen molar-refractivity contribution in [3.8, 4) is 0 Å². The summed E-state index contributed by atoms with van der Waals surface area (Å²) in [6, 6.07) is 7.10. The highest BCUT2D eigenvalue weighted by atomic mass is 35.5. The van der Waals surface area contributed by atoms with Gasteiger partial charge < -0.3 is 16.0 Å². The van der Waals surface area contributed by atoms with Crippen molar-refractivity contribution in [1.29, 1.82) is 0 Å². The maximum absolute atomic E-state index is 6.23. The zero-order valence-electron chi connectivity index (χ0n) is 17.0. The fourth-order valence-electron chi connectivity index (χ4n) is 3.90. The standard InChI is InChI=1S/C21H27ClN6S/c1-4-14-9-16(10-15(5-2)24-14)25-20-26-18-8-13(22)6-7-17(18)19(27-20)28-21-23-11-12(3)29-21/h6-8,11,14-16,24H,4-5,9-10H2,1-3H3,(H2,23,25,26,27,28). The summed E-state index contributed by atoms with van der Waals surface area (Å²) in [5.41, 5.74) is 0.818. The average Bonchev–Trinajstić information content (AvgIpc) is 3.11. The van der Waals surface area contributed by atoms with Gasteiger partial charge in [0, 0.05) is 39.6 Å². The van der Waals surface area contributed by atoms with Crippen LogP contribution in [0.3, 0.4) is 0 Å². The minimum absolute atomic E-state index is 0.345. The highest BCUT2D eigenvalue weighted by Crippen LogP contribution is 2.30. The maximum atomic E-state index is 6.23. The summed E-state index contributed by atoms with van der Waals surface area (Å²) < 4.78 is 0. The van der Waals surface area contributed by atoms with Crippen LogP contribution in [0, 0.1) is 6.92 Å². The number of benzene rings is 1.